The van der Waals surface area contributed by atoms with Crippen LogP contribution >= 0.6 is 0 Å². The molecule has 1 amide bonds. The molecule has 38 heavy (non-hydrogen) atoms. The number of nitrogens with zero attached hydrogens (tertiary/aromatic N) is 3. The van der Waals surface area contributed by atoms with Crippen molar-refractivity contribution in [3.63, 3.8) is 0 Å². The highest BCUT2D eigenvalue weighted by Gasteiger charge is 2.54. The summed E-state index contributed by atoms with van der Waals surface area (Å²) in [4.78, 5) is 34.3. The second-order valence-corrected chi connectivity index (χ2v) is 12.2. The molecular weight excluding hydrogens is 504 g/mol. The highest BCUT2D eigenvalue weighted by molar-refractivity contribution is 7.89. The van der Waals surface area contributed by atoms with Crippen LogP contribution in [0.2, 0.25) is 0 Å². The van der Waals surface area contributed by atoms with Gasteiger partial charge in [-0.25, -0.2) is 17.7 Å². The number of nitrogens with one attached hydrogen (secondary N) is 1. The summed E-state index contributed by atoms with van der Waals surface area (Å²) in [5.41, 5.74) is 4.23. The van der Waals surface area contributed by atoms with Crippen molar-refractivity contribution in [3.05, 3.63) is 65.0 Å². The minimum absolute atomic E-state index is 0.00422. The number of aliphatic imine (C=N–C) groups is 2. The molecule has 0 heterocycles. The Labute approximate surface area is 224 Å². The summed E-state index contributed by atoms with van der Waals surface area (Å²) >= 11 is 0. The van der Waals surface area contributed by atoms with Crippen LogP contribution in [0, 0.1) is 5.41 Å². The number of hydrogen-bond donors (Lipinski definition) is 1. The number of fused-ring (bicyclic) bond motifs is 1. The molecule has 3 aliphatic carbocycles. The number of methoxy groups -OCH3 is 1. The average molecular weight is 539 g/mol. The fourth-order valence-corrected chi connectivity index (χ4v) is 5.48. The number of hydrogen-bond acceptors (Lipinski definition) is 6. The van der Waals surface area contributed by atoms with Crippen LogP contribution in [0.25, 0.3) is 5.57 Å². The topological polar surface area (TPSA) is 117 Å². The Morgan fingerprint density at radius 3 is 2.58 bits per heavy atom. The number of amides is 1. The predicted molar refractivity (Wildman–Crippen MR) is 149 cm³/mol. The number of Topliss-reactive ketones (excluding diaryl/α,β-unsaturated/α-hetero) is 1. The minimum Gasteiger partial charge on any atom is -0.494 e. The van der Waals surface area contributed by atoms with Gasteiger partial charge < -0.3 is 10.1 Å². The number of ether oxygens (including phenoxy) is 1. The lowest BCUT2D eigenvalue weighted by Crippen LogP contribution is -2.40. The van der Waals surface area contributed by atoms with Crippen LogP contribution in [0.15, 0.2) is 58.2 Å². The van der Waals surface area contributed by atoms with Gasteiger partial charge in [0.25, 0.3) is 0 Å². The zero-order chi connectivity index (χ0) is 27.7. The molecule has 202 valence electrons. The summed E-state index contributed by atoms with van der Waals surface area (Å²) in [7, 11) is 2.65. The molecule has 0 aromatic heterocycles. The fraction of sp³-hybridized carbons (Fsp3) is 0.429. The highest BCUT2D eigenvalue weighted by atomic mass is 32.2. The molecule has 0 radical (unpaired) electrons. The van der Waals surface area contributed by atoms with E-state index in [1.54, 1.807) is 14.2 Å². The van der Waals surface area contributed by atoms with Gasteiger partial charge in [-0.05, 0) is 54.0 Å². The normalized spacial score (nSPS) is 20.1. The Bertz CT molecular complexity index is 1410. The third kappa shape index (κ3) is 5.42. The van der Waals surface area contributed by atoms with E-state index < -0.39 is 15.4 Å². The van der Waals surface area contributed by atoms with Crippen molar-refractivity contribution in [2.75, 3.05) is 40.6 Å². The van der Waals surface area contributed by atoms with Crippen molar-refractivity contribution in [2.24, 2.45) is 15.4 Å². The number of benzene rings is 1. The number of ketones is 1. The molecule has 1 N–H and O–H groups in total. The number of aryl methyl sites for hydroxylation is 1. The van der Waals surface area contributed by atoms with Gasteiger partial charge in [-0.3, -0.25) is 14.6 Å². The van der Waals surface area contributed by atoms with Gasteiger partial charge in [0, 0.05) is 39.7 Å². The molecule has 0 saturated heterocycles. The monoisotopic (exact) mass is 538 g/mol. The van der Waals surface area contributed by atoms with Gasteiger partial charge in [0.15, 0.2) is 5.78 Å². The second-order valence-electron chi connectivity index (χ2n) is 9.95. The second kappa shape index (κ2) is 10.8. The third-order valence-corrected chi connectivity index (χ3v) is 9.10. The summed E-state index contributed by atoms with van der Waals surface area (Å²) in [5, 5.41) is 2.75. The van der Waals surface area contributed by atoms with Gasteiger partial charge in [0.1, 0.15) is 22.7 Å². The van der Waals surface area contributed by atoms with Gasteiger partial charge in [0.2, 0.25) is 15.9 Å². The molecule has 3 aliphatic rings. The van der Waals surface area contributed by atoms with Crippen LogP contribution in [0.1, 0.15) is 47.2 Å². The SMILES string of the molecule is C=C1CC(c2ccc3c(c2)CCC3=O)=CC=C(OC)C1=NC(=NC)C1(C(=O)NCCS(=O)(=O)N(C)C)CC1. The third-order valence-electron chi connectivity index (χ3n) is 7.27. The summed E-state index contributed by atoms with van der Waals surface area (Å²) in [5.74, 6) is 0.587. The smallest absolute Gasteiger partial charge is 0.233 e. The Morgan fingerprint density at radius 1 is 1.21 bits per heavy atom. The van der Waals surface area contributed by atoms with Crippen molar-refractivity contribution in [1.82, 2.24) is 9.62 Å². The molecule has 4 rings (SSSR count). The van der Waals surface area contributed by atoms with E-state index >= 15 is 0 Å². The Kier molecular flexibility index (Phi) is 7.85. The molecule has 0 spiro atoms. The van der Waals surface area contributed by atoms with Crippen LogP contribution in [0.3, 0.4) is 0 Å². The summed E-state index contributed by atoms with van der Waals surface area (Å²) in [6.45, 7) is 4.27. The highest BCUT2D eigenvalue weighted by Crippen LogP contribution is 2.48. The maximum Gasteiger partial charge on any atom is 0.233 e. The minimum atomic E-state index is -3.42. The predicted octanol–water partition coefficient (Wildman–Crippen LogP) is 2.95. The summed E-state index contributed by atoms with van der Waals surface area (Å²) in [6.07, 6.45) is 6.76. The molecule has 0 aliphatic heterocycles. The van der Waals surface area contributed by atoms with Crippen LogP contribution in [0.4, 0.5) is 0 Å². The largest absolute Gasteiger partial charge is 0.494 e. The van der Waals surface area contributed by atoms with Crippen LogP contribution < -0.4 is 5.32 Å². The number of sulfonamides is 1. The van der Waals surface area contributed by atoms with Crippen molar-refractivity contribution >= 4 is 38.8 Å². The molecule has 1 aromatic rings. The lowest BCUT2D eigenvalue weighted by Gasteiger charge is -2.18. The van der Waals surface area contributed by atoms with E-state index in [9.17, 15) is 18.0 Å². The Morgan fingerprint density at radius 2 is 1.95 bits per heavy atom. The van der Waals surface area contributed by atoms with Crippen LogP contribution in [0.5, 0.6) is 0 Å². The summed E-state index contributed by atoms with van der Waals surface area (Å²) in [6, 6.07) is 5.93. The number of carbonyl (C=O) groups excluding carboxylic acids is 2. The number of carbonyl (C=O) groups is 2. The van der Waals surface area contributed by atoms with Gasteiger partial charge in [-0.15, -0.1) is 0 Å². The molecule has 9 nitrogen and oxygen atoms in total. The maximum absolute atomic E-state index is 13.1. The molecular formula is C28H34N4O5S. The van der Waals surface area contributed by atoms with Crippen molar-refractivity contribution in [2.45, 2.75) is 32.1 Å². The van der Waals surface area contributed by atoms with Crippen molar-refractivity contribution in [3.8, 4) is 0 Å². The number of amidine groups is 1. The molecule has 0 bridgehead atoms. The first-order chi connectivity index (χ1) is 18.0. The first-order valence-corrected chi connectivity index (χ1v) is 14.2. The lowest BCUT2D eigenvalue weighted by atomic mass is 9.95. The zero-order valence-corrected chi connectivity index (χ0v) is 23.2. The van der Waals surface area contributed by atoms with E-state index in [1.165, 1.54) is 14.1 Å². The van der Waals surface area contributed by atoms with Gasteiger partial charge in [-0.2, -0.15) is 0 Å². The van der Waals surface area contributed by atoms with Crippen molar-refractivity contribution in [1.29, 1.82) is 0 Å². The fourth-order valence-electron chi connectivity index (χ4n) is 4.75. The quantitative estimate of drug-likeness (QED) is 0.403. The van der Waals surface area contributed by atoms with Gasteiger partial charge >= 0.3 is 0 Å². The number of allylic oxidation sites excluding steroid dienone is 4. The van der Waals surface area contributed by atoms with Crippen LogP contribution in [-0.4, -0.2) is 76.5 Å². The lowest BCUT2D eigenvalue weighted by molar-refractivity contribution is -0.123. The summed E-state index contributed by atoms with van der Waals surface area (Å²) < 4.78 is 30.9. The molecule has 1 aromatic carbocycles. The van der Waals surface area contributed by atoms with Gasteiger partial charge in [0.05, 0.1) is 12.9 Å². The average Bonchev–Trinajstić information content (AvgIpc) is 3.64. The van der Waals surface area contributed by atoms with Crippen LogP contribution in [-0.2, 0) is 26.0 Å². The van der Waals surface area contributed by atoms with E-state index in [1.807, 2.05) is 24.3 Å². The molecule has 0 unspecified atom stereocenters. The van der Waals surface area contributed by atoms with E-state index in [2.05, 4.69) is 23.0 Å². The Hall–Kier alpha value is -3.37. The first-order valence-electron chi connectivity index (χ1n) is 12.6. The number of rotatable bonds is 8. The van der Waals surface area contributed by atoms with E-state index in [4.69, 9.17) is 9.73 Å². The molecule has 0 atom stereocenters. The zero-order valence-electron chi connectivity index (χ0n) is 22.3. The molecule has 10 heteroatoms. The maximum atomic E-state index is 13.1. The standard InChI is InChI=1S/C28H34N4O5S/c1-18-16-19(20-6-9-22-21(17-20)7-10-23(22)33)8-11-24(37-5)25(18)31-26(29-2)28(12-13-28)27(34)30-14-15-38(35,36)32(3)4/h6,8-9,11,17H,1,7,10,12-16H2,2-5H3,(H,30,34). The van der Waals surface area contributed by atoms with E-state index in [0.717, 1.165) is 33.0 Å². The van der Waals surface area contributed by atoms with Crippen molar-refractivity contribution < 1.29 is 22.7 Å². The van der Waals surface area contributed by atoms with E-state index in [-0.39, 0.29) is 24.0 Å². The first kappa shape index (κ1) is 27.7. The van der Waals surface area contributed by atoms with Gasteiger partial charge in [-0.1, -0.05) is 30.9 Å². The van der Waals surface area contributed by atoms with E-state index in [0.29, 0.717) is 48.6 Å². The Balaban J connectivity index is 1.54. The molecule has 1 saturated carbocycles. The molecule has 1 fully saturated rings.